The summed E-state index contributed by atoms with van der Waals surface area (Å²) in [5.74, 6) is 0.400. The number of hydrogen-bond acceptors (Lipinski definition) is 5. The van der Waals surface area contributed by atoms with Crippen LogP contribution < -0.4 is 5.32 Å². The maximum Gasteiger partial charge on any atom is 0.316 e. The highest BCUT2D eigenvalue weighted by Gasteiger charge is 2.24. The van der Waals surface area contributed by atoms with E-state index in [0.717, 1.165) is 18.2 Å². The van der Waals surface area contributed by atoms with Crippen molar-refractivity contribution < 1.29 is 9.32 Å². The van der Waals surface area contributed by atoms with Crippen molar-refractivity contribution in [3.8, 4) is 11.4 Å². The second-order valence-corrected chi connectivity index (χ2v) is 5.68. The minimum Gasteiger partial charge on any atom is -0.348 e. The van der Waals surface area contributed by atoms with Crippen LogP contribution in [-0.2, 0) is 0 Å². The van der Waals surface area contributed by atoms with Gasteiger partial charge in [0.15, 0.2) is 0 Å². The van der Waals surface area contributed by atoms with Gasteiger partial charge in [-0.2, -0.15) is 4.98 Å². The first-order valence-corrected chi connectivity index (χ1v) is 7.34. The fourth-order valence-electron chi connectivity index (χ4n) is 2.19. The molecule has 2 N–H and O–H groups in total. The molecule has 0 saturated heterocycles. The number of aromatic nitrogens is 4. The lowest BCUT2D eigenvalue weighted by Crippen LogP contribution is -2.25. The van der Waals surface area contributed by atoms with Gasteiger partial charge < -0.3 is 14.8 Å². The standard InChI is InChI=1S/C14H12ClN5O2/c15-10-8-3-4-16-11(8)17-6-9(10)12-19-14(22-20-12)13(21)18-5-7-1-2-7/h3-4,6-7H,1-2,5H2,(H,16,17)(H,18,21). The number of carbonyl (C=O) groups excluding carboxylic acids is 1. The number of pyridine rings is 1. The van der Waals surface area contributed by atoms with Crippen molar-refractivity contribution in [1.82, 2.24) is 25.4 Å². The lowest BCUT2D eigenvalue weighted by molar-refractivity contribution is 0.0908. The van der Waals surface area contributed by atoms with E-state index in [9.17, 15) is 4.79 Å². The zero-order chi connectivity index (χ0) is 15.1. The van der Waals surface area contributed by atoms with Crippen LogP contribution in [0.15, 0.2) is 23.0 Å². The Hall–Kier alpha value is -2.41. The average Bonchev–Trinajstić information content (AvgIpc) is 3.02. The quantitative estimate of drug-likeness (QED) is 0.770. The fourth-order valence-corrected chi connectivity index (χ4v) is 2.48. The summed E-state index contributed by atoms with van der Waals surface area (Å²) in [5.41, 5.74) is 1.21. The van der Waals surface area contributed by atoms with Crippen LogP contribution in [0, 0.1) is 5.92 Å². The number of halogens is 1. The van der Waals surface area contributed by atoms with Crippen molar-refractivity contribution >= 4 is 28.5 Å². The van der Waals surface area contributed by atoms with Crippen molar-refractivity contribution in [1.29, 1.82) is 0 Å². The summed E-state index contributed by atoms with van der Waals surface area (Å²) < 4.78 is 5.01. The molecule has 1 amide bonds. The Kier molecular flexibility index (Phi) is 3.07. The number of aromatic amines is 1. The van der Waals surface area contributed by atoms with E-state index < -0.39 is 0 Å². The molecule has 0 radical (unpaired) electrons. The fraction of sp³-hybridized carbons (Fsp3) is 0.286. The predicted molar refractivity (Wildman–Crippen MR) is 79.5 cm³/mol. The number of carbonyl (C=O) groups is 1. The number of H-pyrrole nitrogens is 1. The zero-order valence-corrected chi connectivity index (χ0v) is 12.2. The molecule has 8 heteroatoms. The first kappa shape index (κ1) is 13.3. The highest BCUT2D eigenvalue weighted by Crippen LogP contribution is 2.31. The molecule has 1 aliphatic carbocycles. The smallest absolute Gasteiger partial charge is 0.316 e. The number of amides is 1. The predicted octanol–water partition coefficient (Wildman–Crippen LogP) is 2.41. The molecule has 1 aliphatic rings. The number of rotatable bonds is 4. The van der Waals surface area contributed by atoms with Crippen molar-refractivity contribution in [3.05, 3.63) is 29.4 Å². The molecule has 112 valence electrons. The minimum atomic E-state index is -0.363. The Morgan fingerprint density at radius 2 is 2.36 bits per heavy atom. The van der Waals surface area contributed by atoms with E-state index in [4.69, 9.17) is 16.1 Å². The molecule has 0 unspecified atom stereocenters. The second-order valence-electron chi connectivity index (χ2n) is 5.30. The highest BCUT2D eigenvalue weighted by molar-refractivity contribution is 6.37. The second kappa shape index (κ2) is 5.10. The molecule has 4 rings (SSSR count). The first-order chi connectivity index (χ1) is 10.7. The Morgan fingerprint density at radius 3 is 3.18 bits per heavy atom. The maximum atomic E-state index is 11.9. The highest BCUT2D eigenvalue weighted by atomic mass is 35.5. The van der Waals surface area contributed by atoms with Crippen LogP contribution >= 0.6 is 11.6 Å². The van der Waals surface area contributed by atoms with Crippen molar-refractivity contribution in [2.75, 3.05) is 6.54 Å². The molecule has 0 spiro atoms. The van der Waals surface area contributed by atoms with Crippen LogP contribution in [0.5, 0.6) is 0 Å². The Bertz CT molecular complexity index is 852. The van der Waals surface area contributed by atoms with Gasteiger partial charge in [-0.25, -0.2) is 4.98 Å². The minimum absolute atomic E-state index is 0.0686. The van der Waals surface area contributed by atoms with Crippen molar-refractivity contribution in [3.63, 3.8) is 0 Å². The molecule has 0 atom stereocenters. The number of fused-ring (bicyclic) bond motifs is 1. The average molecular weight is 318 g/mol. The Labute approximate surface area is 130 Å². The summed E-state index contributed by atoms with van der Waals surface area (Å²) in [7, 11) is 0. The third kappa shape index (κ3) is 2.33. The van der Waals surface area contributed by atoms with Crippen LogP contribution in [0.4, 0.5) is 0 Å². The van der Waals surface area contributed by atoms with Crippen LogP contribution in [-0.4, -0.2) is 32.6 Å². The number of nitrogens with zero attached hydrogens (tertiary/aromatic N) is 3. The van der Waals surface area contributed by atoms with Crippen LogP contribution in [0.3, 0.4) is 0 Å². The van der Waals surface area contributed by atoms with Gasteiger partial charge in [0.1, 0.15) is 5.65 Å². The van der Waals surface area contributed by atoms with Gasteiger partial charge >= 0.3 is 11.8 Å². The molecule has 3 heterocycles. The third-order valence-electron chi connectivity index (χ3n) is 3.63. The molecule has 22 heavy (non-hydrogen) atoms. The number of nitrogens with one attached hydrogen (secondary N) is 2. The third-order valence-corrected chi connectivity index (χ3v) is 4.04. The van der Waals surface area contributed by atoms with E-state index in [1.165, 1.54) is 0 Å². The molecule has 0 aromatic carbocycles. The lowest BCUT2D eigenvalue weighted by Gasteiger charge is -1.99. The molecule has 0 bridgehead atoms. The van der Waals surface area contributed by atoms with E-state index in [1.807, 2.05) is 6.07 Å². The summed E-state index contributed by atoms with van der Waals surface area (Å²) in [6.07, 6.45) is 5.62. The van der Waals surface area contributed by atoms with E-state index in [-0.39, 0.29) is 17.6 Å². The van der Waals surface area contributed by atoms with Gasteiger partial charge in [0, 0.05) is 24.3 Å². The summed E-state index contributed by atoms with van der Waals surface area (Å²) in [6.45, 7) is 0.647. The van der Waals surface area contributed by atoms with Gasteiger partial charge in [0.2, 0.25) is 5.82 Å². The lowest BCUT2D eigenvalue weighted by atomic mass is 10.2. The summed E-state index contributed by atoms with van der Waals surface area (Å²) in [4.78, 5) is 23.2. The van der Waals surface area contributed by atoms with E-state index >= 15 is 0 Å². The van der Waals surface area contributed by atoms with E-state index in [2.05, 4.69) is 25.4 Å². The monoisotopic (exact) mass is 317 g/mol. The SMILES string of the molecule is O=C(NCC1CC1)c1nc(-c2cnc3[nH]ccc3c2Cl)no1. The summed E-state index contributed by atoms with van der Waals surface area (Å²) in [6, 6.07) is 1.82. The normalized spacial score (nSPS) is 14.4. The zero-order valence-electron chi connectivity index (χ0n) is 11.5. The van der Waals surface area contributed by atoms with E-state index in [0.29, 0.717) is 28.7 Å². The molecule has 3 aromatic heterocycles. The van der Waals surface area contributed by atoms with Gasteiger partial charge in [0.05, 0.1) is 10.6 Å². The van der Waals surface area contributed by atoms with Gasteiger partial charge in [-0.05, 0) is 24.8 Å². The largest absolute Gasteiger partial charge is 0.348 e. The molecule has 0 aliphatic heterocycles. The molecule has 7 nitrogen and oxygen atoms in total. The van der Waals surface area contributed by atoms with Gasteiger partial charge in [0.25, 0.3) is 0 Å². The van der Waals surface area contributed by atoms with Crippen molar-refractivity contribution in [2.24, 2.45) is 5.92 Å². The first-order valence-electron chi connectivity index (χ1n) is 6.96. The van der Waals surface area contributed by atoms with Gasteiger partial charge in [-0.1, -0.05) is 16.8 Å². The van der Waals surface area contributed by atoms with E-state index in [1.54, 1.807) is 12.4 Å². The summed E-state index contributed by atoms with van der Waals surface area (Å²) >= 11 is 6.34. The van der Waals surface area contributed by atoms with Gasteiger partial charge in [-0.15, -0.1) is 0 Å². The Balaban J connectivity index is 1.61. The molecular weight excluding hydrogens is 306 g/mol. The Morgan fingerprint density at radius 1 is 1.50 bits per heavy atom. The van der Waals surface area contributed by atoms with Crippen LogP contribution in [0.1, 0.15) is 23.5 Å². The molecule has 1 fully saturated rings. The number of hydrogen-bond donors (Lipinski definition) is 2. The van der Waals surface area contributed by atoms with Crippen LogP contribution in [0.25, 0.3) is 22.4 Å². The molecule has 3 aromatic rings. The topological polar surface area (TPSA) is 96.7 Å². The van der Waals surface area contributed by atoms with Crippen molar-refractivity contribution in [2.45, 2.75) is 12.8 Å². The summed E-state index contributed by atoms with van der Waals surface area (Å²) in [5, 5.41) is 7.83. The maximum absolute atomic E-state index is 11.9. The molecule has 1 saturated carbocycles. The van der Waals surface area contributed by atoms with Crippen LogP contribution in [0.2, 0.25) is 5.02 Å². The van der Waals surface area contributed by atoms with Gasteiger partial charge in [-0.3, -0.25) is 4.79 Å². The molecular formula is C14H12ClN5O2.